The predicted molar refractivity (Wildman–Crippen MR) is 60.1 cm³/mol. The van der Waals surface area contributed by atoms with Gasteiger partial charge in [-0.25, -0.2) is 0 Å². The highest BCUT2D eigenvalue weighted by atomic mass is 35.5. The lowest BCUT2D eigenvalue weighted by molar-refractivity contribution is 0.406. The first-order valence-corrected chi connectivity index (χ1v) is 4.96. The summed E-state index contributed by atoms with van der Waals surface area (Å²) in [5.41, 5.74) is 8.89. The Kier molecular flexibility index (Phi) is 3.40. The summed E-state index contributed by atoms with van der Waals surface area (Å²) in [6, 6.07) is 1.86. The molecule has 14 heavy (non-hydrogen) atoms. The number of ether oxygens (including phenoxy) is 1. The van der Waals surface area contributed by atoms with Gasteiger partial charge in [-0.15, -0.1) is 0 Å². The van der Waals surface area contributed by atoms with E-state index in [1.54, 1.807) is 7.11 Å². The molecular weight excluding hydrogens is 198 g/mol. The van der Waals surface area contributed by atoms with Gasteiger partial charge in [-0.05, 0) is 38.0 Å². The topological polar surface area (TPSA) is 35.2 Å². The Balaban J connectivity index is 3.45. The molecule has 0 spiro atoms. The second-order valence-electron chi connectivity index (χ2n) is 3.54. The Morgan fingerprint density at radius 2 is 2.00 bits per heavy atom. The first-order valence-electron chi connectivity index (χ1n) is 4.58. The van der Waals surface area contributed by atoms with E-state index in [0.717, 1.165) is 27.5 Å². The maximum Gasteiger partial charge on any atom is 0.124 e. The average molecular weight is 214 g/mol. The van der Waals surface area contributed by atoms with Gasteiger partial charge in [-0.2, -0.15) is 0 Å². The molecule has 0 radical (unpaired) electrons. The van der Waals surface area contributed by atoms with E-state index in [2.05, 4.69) is 0 Å². The smallest absolute Gasteiger partial charge is 0.124 e. The fourth-order valence-corrected chi connectivity index (χ4v) is 1.83. The summed E-state index contributed by atoms with van der Waals surface area (Å²) in [5.74, 6) is 0.819. The van der Waals surface area contributed by atoms with Crippen LogP contribution in [0, 0.1) is 13.8 Å². The quantitative estimate of drug-likeness (QED) is 0.820. The van der Waals surface area contributed by atoms with Gasteiger partial charge < -0.3 is 10.5 Å². The van der Waals surface area contributed by atoms with Crippen LogP contribution in [-0.4, -0.2) is 7.11 Å². The molecule has 2 N–H and O–H groups in total. The molecule has 0 aromatic heterocycles. The van der Waals surface area contributed by atoms with Crippen molar-refractivity contribution in [3.63, 3.8) is 0 Å². The van der Waals surface area contributed by atoms with E-state index < -0.39 is 0 Å². The number of methoxy groups -OCH3 is 1. The first kappa shape index (κ1) is 11.3. The molecule has 0 amide bonds. The minimum Gasteiger partial charge on any atom is -0.496 e. The van der Waals surface area contributed by atoms with Crippen LogP contribution in [0.4, 0.5) is 0 Å². The van der Waals surface area contributed by atoms with Gasteiger partial charge in [-0.3, -0.25) is 0 Å². The van der Waals surface area contributed by atoms with Crippen molar-refractivity contribution < 1.29 is 4.74 Å². The van der Waals surface area contributed by atoms with Crippen molar-refractivity contribution in [1.29, 1.82) is 0 Å². The Labute approximate surface area is 90.0 Å². The molecule has 1 unspecified atom stereocenters. The van der Waals surface area contributed by atoms with E-state index in [1.807, 2.05) is 26.8 Å². The molecule has 2 nitrogen and oxygen atoms in total. The highest BCUT2D eigenvalue weighted by molar-refractivity contribution is 6.32. The molecule has 0 saturated heterocycles. The lowest BCUT2D eigenvalue weighted by Gasteiger charge is -2.17. The molecule has 1 aromatic rings. The number of rotatable bonds is 2. The van der Waals surface area contributed by atoms with E-state index in [9.17, 15) is 0 Å². The third-order valence-electron chi connectivity index (χ3n) is 2.37. The van der Waals surface area contributed by atoms with Gasteiger partial charge >= 0.3 is 0 Å². The monoisotopic (exact) mass is 213 g/mol. The van der Waals surface area contributed by atoms with Gasteiger partial charge in [0.25, 0.3) is 0 Å². The molecule has 0 heterocycles. The van der Waals surface area contributed by atoms with Crippen molar-refractivity contribution in [3.8, 4) is 5.75 Å². The largest absolute Gasteiger partial charge is 0.496 e. The summed E-state index contributed by atoms with van der Waals surface area (Å²) in [7, 11) is 1.65. The third-order valence-corrected chi connectivity index (χ3v) is 2.95. The third kappa shape index (κ3) is 1.86. The normalized spacial score (nSPS) is 12.7. The molecule has 0 bridgehead atoms. The van der Waals surface area contributed by atoms with Crippen LogP contribution in [0.5, 0.6) is 5.75 Å². The minimum atomic E-state index is -0.0666. The maximum absolute atomic E-state index is 6.14. The molecule has 1 atom stereocenters. The average Bonchev–Trinajstić information content (AvgIpc) is 2.12. The van der Waals surface area contributed by atoms with Crippen LogP contribution in [0.3, 0.4) is 0 Å². The number of aryl methyl sites for hydroxylation is 1. The Hall–Kier alpha value is -0.730. The van der Waals surface area contributed by atoms with Crippen LogP contribution < -0.4 is 10.5 Å². The zero-order valence-corrected chi connectivity index (χ0v) is 9.77. The zero-order chi connectivity index (χ0) is 10.9. The lowest BCUT2D eigenvalue weighted by atomic mass is 9.99. The Bertz CT molecular complexity index is 348. The molecule has 1 rings (SSSR count). The summed E-state index contributed by atoms with van der Waals surface area (Å²) in [5, 5.41) is 0.776. The predicted octanol–water partition coefficient (Wildman–Crippen LogP) is 2.99. The second-order valence-corrected chi connectivity index (χ2v) is 3.92. The summed E-state index contributed by atoms with van der Waals surface area (Å²) in [6.07, 6.45) is 0. The number of benzene rings is 1. The van der Waals surface area contributed by atoms with E-state index in [-0.39, 0.29) is 6.04 Å². The van der Waals surface area contributed by atoms with Crippen molar-refractivity contribution in [2.24, 2.45) is 5.73 Å². The van der Waals surface area contributed by atoms with Gasteiger partial charge in [-0.1, -0.05) is 11.6 Å². The van der Waals surface area contributed by atoms with Crippen molar-refractivity contribution in [2.75, 3.05) is 7.11 Å². The highest BCUT2D eigenvalue weighted by Gasteiger charge is 2.15. The summed E-state index contributed by atoms with van der Waals surface area (Å²) >= 11 is 6.14. The molecule has 1 aromatic carbocycles. The summed E-state index contributed by atoms with van der Waals surface area (Å²) < 4.78 is 5.28. The first-order chi connectivity index (χ1) is 6.49. The SMILES string of the molecule is COc1cc(C)c(Cl)c(C)c1C(C)N. The van der Waals surface area contributed by atoms with Crippen molar-refractivity contribution in [2.45, 2.75) is 26.8 Å². The lowest BCUT2D eigenvalue weighted by Crippen LogP contribution is -2.09. The van der Waals surface area contributed by atoms with E-state index in [1.165, 1.54) is 0 Å². The number of hydrogen-bond donors (Lipinski definition) is 1. The van der Waals surface area contributed by atoms with Crippen LogP contribution in [-0.2, 0) is 0 Å². The number of halogens is 1. The molecule has 78 valence electrons. The van der Waals surface area contributed by atoms with Gasteiger partial charge in [0.2, 0.25) is 0 Å². The van der Waals surface area contributed by atoms with E-state index >= 15 is 0 Å². The van der Waals surface area contributed by atoms with E-state index in [4.69, 9.17) is 22.1 Å². The van der Waals surface area contributed by atoms with Crippen LogP contribution in [0.2, 0.25) is 5.02 Å². The molecule has 0 fully saturated rings. The highest BCUT2D eigenvalue weighted by Crippen LogP contribution is 2.34. The summed E-state index contributed by atoms with van der Waals surface area (Å²) in [4.78, 5) is 0. The minimum absolute atomic E-state index is 0.0666. The maximum atomic E-state index is 6.14. The number of nitrogens with two attached hydrogens (primary N) is 1. The van der Waals surface area contributed by atoms with Gasteiger partial charge in [0.05, 0.1) is 7.11 Å². The standard InChI is InChI=1S/C11H16ClNO/c1-6-5-9(14-4)10(8(3)13)7(2)11(6)12/h5,8H,13H2,1-4H3. The number of hydrogen-bond acceptors (Lipinski definition) is 2. The molecule has 3 heteroatoms. The van der Waals surface area contributed by atoms with Crippen LogP contribution in [0.15, 0.2) is 6.07 Å². The second kappa shape index (κ2) is 4.20. The Morgan fingerprint density at radius 1 is 1.43 bits per heavy atom. The molecule has 0 aliphatic heterocycles. The van der Waals surface area contributed by atoms with Crippen LogP contribution in [0.25, 0.3) is 0 Å². The molecule has 0 aliphatic rings. The zero-order valence-electron chi connectivity index (χ0n) is 9.02. The fraction of sp³-hybridized carbons (Fsp3) is 0.455. The van der Waals surface area contributed by atoms with Crippen molar-refractivity contribution in [1.82, 2.24) is 0 Å². The van der Waals surface area contributed by atoms with Gasteiger partial charge in [0.1, 0.15) is 5.75 Å². The Morgan fingerprint density at radius 3 is 2.43 bits per heavy atom. The van der Waals surface area contributed by atoms with Crippen LogP contribution in [0.1, 0.15) is 29.7 Å². The van der Waals surface area contributed by atoms with Gasteiger partial charge in [0.15, 0.2) is 0 Å². The molecule has 0 aliphatic carbocycles. The molecular formula is C11H16ClNO. The van der Waals surface area contributed by atoms with Gasteiger partial charge in [0, 0.05) is 16.6 Å². The molecule has 0 saturated carbocycles. The van der Waals surface area contributed by atoms with Crippen LogP contribution >= 0.6 is 11.6 Å². The van der Waals surface area contributed by atoms with E-state index in [0.29, 0.717) is 0 Å². The van der Waals surface area contributed by atoms with Crippen molar-refractivity contribution >= 4 is 11.6 Å². The summed E-state index contributed by atoms with van der Waals surface area (Å²) in [6.45, 7) is 5.86. The van der Waals surface area contributed by atoms with Crippen molar-refractivity contribution in [3.05, 3.63) is 27.8 Å². The fourth-order valence-electron chi connectivity index (χ4n) is 1.67.